The molecule has 0 unspecified atom stereocenters. The topological polar surface area (TPSA) is 43.4 Å². The minimum absolute atomic E-state index is 0.480. The summed E-state index contributed by atoms with van der Waals surface area (Å²) in [6, 6.07) is 12.4. The van der Waals surface area contributed by atoms with Crippen molar-refractivity contribution in [2.45, 2.75) is 76.4 Å². The van der Waals surface area contributed by atoms with Crippen LogP contribution in [-0.2, 0) is 19.4 Å². The van der Waals surface area contributed by atoms with Gasteiger partial charge in [0.2, 0.25) is 0 Å². The van der Waals surface area contributed by atoms with Gasteiger partial charge in [0.05, 0.1) is 11.7 Å². The third-order valence-electron chi connectivity index (χ3n) is 9.02. The summed E-state index contributed by atoms with van der Waals surface area (Å²) in [5.41, 5.74) is 7.44. The molecular formula is C30H43N5. The standard InChI is InChI=1S/C30H43N5/c1-2-7-23(8-3-1)21-35(29-13-4-9-24-11-6-14-32-30(24)29)22-26-19-27-25(20-33-26)10-5-12-28(27)34-17-15-31-16-18-34/h5-6,10-12,14,23,26,29,31,33H,1-4,7-9,13,15-22H2/t26-,29-/m0/s1. The van der Waals surface area contributed by atoms with Crippen LogP contribution in [0.25, 0.3) is 0 Å². The van der Waals surface area contributed by atoms with Gasteiger partial charge in [-0.3, -0.25) is 9.88 Å². The first kappa shape index (κ1) is 23.4. The predicted octanol–water partition coefficient (Wildman–Crippen LogP) is 4.47. The van der Waals surface area contributed by atoms with Crippen molar-refractivity contribution in [1.82, 2.24) is 20.5 Å². The molecule has 0 spiro atoms. The molecule has 3 heterocycles. The molecule has 1 saturated carbocycles. The first-order valence-electron chi connectivity index (χ1n) is 14.3. The van der Waals surface area contributed by atoms with Gasteiger partial charge in [0.25, 0.3) is 0 Å². The normalized spacial score (nSPS) is 25.3. The van der Waals surface area contributed by atoms with Crippen molar-refractivity contribution in [2.75, 3.05) is 44.2 Å². The number of hydrogen-bond donors (Lipinski definition) is 2. The summed E-state index contributed by atoms with van der Waals surface area (Å²) in [5.74, 6) is 0.852. The molecule has 188 valence electrons. The van der Waals surface area contributed by atoms with E-state index in [4.69, 9.17) is 4.98 Å². The molecule has 0 amide bonds. The molecule has 2 N–H and O–H groups in total. The van der Waals surface area contributed by atoms with Crippen LogP contribution in [0, 0.1) is 5.92 Å². The van der Waals surface area contributed by atoms with Gasteiger partial charge in [-0.25, -0.2) is 0 Å². The molecule has 1 aromatic carbocycles. The Labute approximate surface area is 211 Å². The summed E-state index contributed by atoms with van der Waals surface area (Å²) >= 11 is 0. The lowest BCUT2D eigenvalue weighted by atomic mass is 9.85. The van der Waals surface area contributed by atoms with Crippen LogP contribution in [0.5, 0.6) is 0 Å². The quantitative estimate of drug-likeness (QED) is 0.648. The third kappa shape index (κ3) is 5.28. The molecular weight excluding hydrogens is 430 g/mol. The minimum atomic E-state index is 0.480. The summed E-state index contributed by atoms with van der Waals surface area (Å²) in [6.07, 6.45) is 14.0. The van der Waals surface area contributed by atoms with Gasteiger partial charge in [-0.05, 0) is 73.3 Å². The molecule has 4 aliphatic rings. The first-order chi connectivity index (χ1) is 17.3. The van der Waals surface area contributed by atoms with Crippen LogP contribution in [-0.4, -0.2) is 55.2 Å². The van der Waals surface area contributed by atoms with Gasteiger partial charge in [0, 0.05) is 63.7 Å². The number of nitrogens with zero attached hydrogens (tertiary/aromatic N) is 3. The second kappa shape index (κ2) is 11.0. The Hall–Kier alpha value is -1.95. The summed E-state index contributed by atoms with van der Waals surface area (Å²) in [4.78, 5) is 10.4. The fraction of sp³-hybridized carbons (Fsp3) is 0.633. The van der Waals surface area contributed by atoms with E-state index in [0.29, 0.717) is 12.1 Å². The molecule has 35 heavy (non-hydrogen) atoms. The van der Waals surface area contributed by atoms with Gasteiger partial charge in [0.1, 0.15) is 0 Å². The Morgan fingerprint density at radius 1 is 0.914 bits per heavy atom. The molecule has 5 nitrogen and oxygen atoms in total. The van der Waals surface area contributed by atoms with Crippen LogP contribution >= 0.6 is 0 Å². The summed E-state index contributed by atoms with van der Waals surface area (Å²) in [7, 11) is 0. The van der Waals surface area contributed by atoms with Crippen LogP contribution in [0.2, 0.25) is 0 Å². The number of nitrogens with one attached hydrogen (secondary N) is 2. The highest BCUT2D eigenvalue weighted by Crippen LogP contribution is 2.36. The van der Waals surface area contributed by atoms with Gasteiger partial charge >= 0.3 is 0 Å². The van der Waals surface area contributed by atoms with E-state index in [1.54, 1.807) is 5.56 Å². The molecule has 5 heteroatoms. The monoisotopic (exact) mass is 473 g/mol. The number of benzene rings is 1. The molecule has 1 aromatic heterocycles. The van der Waals surface area contributed by atoms with Gasteiger partial charge in [0.15, 0.2) is 0 Å². The van der Waals surface area contributed by atoms with E-state index in [1.165, 1.54) is 80.4 Å². The molecule has 2 aromatic rings. The van der Waals surface area contributed by atoms with Crippen LogP contribution in [0.15, 0.2) is 36.5 Å². The smallest absolute Gasteiger partial charge is 0.0607 e. The number of pyridine rings is 1. The van der Waals surface area contributed by atoms with Crippen LogP contribution in [0.1, 0.15) is 73.4 Å². The minimum Gasteiger partial charge on any atom is -0.369 e. The van der Waals surface area contributed by atoms with E-state index in [-0.39, 0.29) is 0 Å². The van der Waals surface area contributed by atoms with Crippen molar-refractivity contribution in [2.24, 2.45) is 5.92 Å². The molecule has 0 radical (unpaired) electrons. The van der Waals surface area contributed by atoms with Gasteiger partial charge in [-0.2, -0.15) is 0 Å². The Bertz CT molecular complexity index is 978. The summed E-state index contributed by atoms with van der Waals surface area (Å²) in [6.45, 7) is 7.79. The molecule has 0 bridgehead atoms. The van der Waals surface area contributed by atoms with Crippen molar-refractivity contribution in [1.29, 1.82) is 0 Å². The molecule has 2 aliphatic heterocycles. The average molecular weight is 474 g/mol. The maximum absolute atomic E-state index is 4.94. The molecule has 2 fully saturated rings. The molecule has 2 aliphatic carbocycles. The Balaban J connectivity index is 1.23. The van der Waals surface area contributed by atoms with E-state index in [2.05, 4.69) is 50.8 Å². The Kier molecular flexibility index (Phi) is 7.36. The number of piperazine rings is 1. The lowest BCUT2D eigenvalue weighted by molar-refractivity contribution is 0.117. The van der Waals surface area contributed by atoms with E-state index in [0.717, 1.165) is 51.6 Å². The number of aryl methyl sites for hydroxylation is 1. The van der Waals surface area contributed by atoms with E-state index in [1.807, 2.05) is 6.20 Å². The van der Waals surface area contributed by atoms with Gasteiger partial charge in [-0.1, -0.05) is 37.5 Å². The number of anilines is 1. The van der Waals surface area contributed by atoms with Crippen LogP contribution < -0.4 is 15.5 Å². The second-order valence-electron chi connectivity index (χ2n) is 11.3. The van der Waals surface area contributed by atoms with Crippen LogP contribution in [0.3, 0.4) is 0 Å². The van der Waals surface area contributed by atoms with Crippen molar-refractivity contribution < 1.29 is 0 Å². The highest BCUT2D eigenvalue weighted by Gasteiger charge is 2.32. The van der Waals surface area contributed by atoms with Gasteiger partial charge < -0.3 is 15.5 Å². The lowest BCUT2D eigenvalue weighted by Crippen LogP contribution is -2.49. The van der Waals surface area contributed by atoms with Crippen molar-refractivity contribution in [3.8, 4) is 0 Å². The molecule has 2 atom stereocenters. The lowest BCUT2D eigenvalue weighted by Gasteiger charge is -2.41. The zero-order valence-corrected chi connectivity index (χ0v) is 21.4. The van der Waals surface area contributed by atoms with E-state index in [9.17, 15) is 0 Å². The van der Waals surface area contributed by atoms with E-state index < -0.39 is 0 Å². The number of hydrogen-bond acceptors (Lipinski definition) is 5. The van der Waals surface area contributed by atoms with Crippen molar-refractivity contribution >= 4 is 5.69 Å². The average Bonchev–Trinajstić information content (AvgIpc) is 2.93. The zero-order chi connectivity index (χ0) is 23.5. The Morgan fingerprint density at radius 2 is 1.77 bits per heavy atom. The third-order valence-corrected chi connectivity index (χ3v) is 9.02. The SMILES string of the molecule is c1cnc2c(c1)CCC[C@@H]2N(CC1CCCCC1)C[C@@H]1Cc2c(cccc2N2CCNCC2)CN1. The predicted molar refractivity (Wildman–Crippen MR) is 144 cm³/mol. The van der Waals surface area contributed by atoms with Crippen molar-refractivity contribution in [3.63, 3.8) is 0 Å². The maximum Gasteiger partial charge on any atom is 0.0607 e. The van der Waals surface area contributed by atoms with E-state index >= 15 is 0 Å². The van der Waals surface area contributed by atoms with Crippen LogP contribution in [0.4, 0.5) is 5.69 Å². The highest BCUT2D eigenvalue weighted by atomic mass is 15.2. The van der Waals surface area contributed by atoms with Crippen molar-refractivity contribution in [3.05, 3.63) is 58.9 Å². The molecule has 1 saturated heterocycles. The summed E-state index contributed by atoms with van der Waals surface area (Å²) < 4.78 is 0. The molecule has 6 rings (SSSR count). The zero-order valence-electron chi connectivity index (χ0n) is 21.4. The highest BCUT2D eigenvalue weighted by molar-refractivity contribution is 5.58. The fourth-order valence-electron chi connectivity index (χ4n) is 7.18. The number of rotatable bonds is 6. The number of fused-ring (bicyclic) bond motifs is 2. The Morgan fingerprint density at radius 3 is 2.66 bits per heavy atom. The largest absolute Gasteiger partial charge is 0.369 e. The second-order valence-corrected chi connectivity index (χ2v) is 11.3. The number of aromatic nitrogens is 1. The summed E-state index contributed by atoms with van der Waals surface area (Å²) in [5, 5.41) is 7.46. The first-order valence-corrected chi connectivity index (χ1v) is 14.3. The maximum atomic E-state index is 4.94. The van der Waals surface area contributed by atoms with Gasteiger partial charge in [-0.15, -0.1) is 0 Å². The fourth-order valence-corrected chi connectivity index (χ4v) is 7.18.